The molecule has 21 valence electrons. The Bertz CT molecular complexity index is 13.5. The van der Waals surface area contributed by atoms with Crippen LogP contribution < -0.4 is 0 Å². The summed E-state index contributed by atoms with van der Waals surface area (Å²) in [4.78, 5) is 0. The first kappa shape index (κ1) is 19.8. The summed E-state index contributed by atoms with van der Waals surface area (Å²) in [6.07, 6.45) is 0. The average Bonchev–Trinajstić information content (AvgIpc) is 1.00. The Morgan fingerprint density at radius 3 is 1.50 bits per heavy atom. The molecule has 0 aliphatic rings. The topological polar surface area (TPSA) is 17.1 Å². The van der Waals surface area contributed by atoms with Crippen LogP contribution >= 0.6 is 0 Å². The zero-order chi connectivity index (χ0) is 2.00. The fourth-order valence-corrected chi connectivity index (χ4v) is 0. The van der Waals surface area contributed by atoms with Crippen LogP contribution in [0.25, 0.3) is 0 Å². The van der Waals surface area contributed by atoms with Gasteiger partial charge in [-0.25, -0.2) is 0 Å². The normalized spacial score (nSPS) is 0.750. The summed E-state index contributed by atoms with van der Waals surface area (Å²) < 4.78 is 8.17. The van der Waals surface area contributed by atoms with Gasteiger partial charge in [-0.2, -0.15) is 0 Å². The fourth-order valence-electron chi connectivity index (χ4n) is 0. The minimum atomic E-state index is 0. The van der Waals surface area contributed by atoms with Crippen LogP contribution in [0.3, 0.4) is 0 Å². The van der Waals surface area contributed by atoms with Gasteiger partial charge in [-0.05, 0) is 0 Å². The van der Waals surface area contributed by atoms with Gasteiger partial charge in [0, 0.05) is 0 Å². The van der Waals surface area contributed by atoms with Gasteiger partial charge in [0.2, 0.25) is 0 Å². The molecule has 0 aromatic rings. The van der Waals surface area contributed by atoms with E-state index in [4.69, 9.17) is 3.80 Å². The standard InChI is InChI=1S/Al.FH.Mg.O.2H/h;1H;;;;/q;;+2;;2*-1. The number of rotatable bonds is 0. The van der Waals surface area contributed by atoms with Crippen LogP contribution in [0, 0.1) is 0 Å². The second kappa shape index (κ2) is 34.9. The van der Waals surface area contributed by atoms with Crippen LogP contribution in [-0.2, 0) is 3.80 Å². The number of hydrogen-bond donors (Lipinski definition) is 0. The second-order valence-corrected chi connectivity index (χ2v) is 0. The van der Waals surface area contributed by atoms with Gasteiger partial charge >= 0.3 is 43.1 Å². The Morgan fingerprint density at radius 2 is 1.50 bits per heavy atom. The Labute approximate surface area is 50.9 Å². The maximum absolute atomic E-state index is 8.17. The molecule has 4 heteroatoms. The van der Waals surface area contributed by atoms with Gasteiger partial charge < -0.3 is 2.85 Å². The first-order valence-corrected chi connectivity index (χ1v) is 0.707. The van der Waals surface area contributed by atoms with Crippen LogP contribution in [-0.4, -0.2) is 39.3 Å². The summed E-state index contributed by atoms with van der Waals surface area (Å²) in [6, 6.07) is 0. The third-order valence-corrected chi connectivity index (χ3v) is 0. The summed E-state index contributed by atoms with van der Waals surface area (Å²) in [5, 5.41) is 0. The van der Waals surface area contributed by atoms with Crippen LogP contribution in [0.15, 0.2) is 0 Å². The van der Waals surface area contributed by atoms with Gasteiger partial charge in [0.1, 0.15) is 0 Å². The van der Waals surface area contributed by atoms with Gasteiger partial charge in [-0.3, -0.25) is 4.70 Å². The van der Waals surface area contributed by atoms with E-state index in [0.29, 0.717) is 0 Å². The van der Waals surface area contributed by atoms with Crippen LogP contribution in [0.5, 0.6) is 0 Å². The summed E-state index contributed by atoms with van der Waals surface area (Å²) in [5.74, 6) is 0. The molecule has 0 aromatic carbocycles. The van der Waals surface area contributed by atoms with Crippen molar-refractivity contribution in [3.05, 3.63) is 0 Å². The van der Waals surface area contributed by atoms with Crippen molar-refractivity contribution in [2.24, 2.45) is 0 Å². The molecule has 0 aliphatic heterocycles. The maximum atomic E-state index is 8.17. The molecule has 0 aromatic heterocycles. The van der Waals surface area contributed by atoms with Crippen molar-refractivity contribution in [2.75, 3.05) is 0 Å². The van der Waals surface area contributed by atoms with Gasteiger partial charge in [0.25, 0.3) is 0 Å². The van der Waals surface area contributed by atoms with Crippen LogP contribution in [0.4, 0.5) is 4.70 Å². The molecule has 0 amide bonds. The van der Waals surface area contributed by atoms with Gasteiger partial charge in [-0.1, -0.05) is 0 Å². The molecule has 0 saturated heterocycles. The molecule has 0 saturated carbocycles. The van der Waals surface area contributed by atoms with E-state index in [1.54, 1.807) is 0 Å². The molecule has 1 nitrogen and oxygen atoms in total. The average molecular weight is 89.3 g/mol. The quantitative estimate of drug-likeness (QED) is 0.366. The Balaban J connectivity index is -0.000000000833. The molecule has 0 aliphatic carbocycles. The monoisotopic (exact) mass is 89.0 g/mol. The molecule has 1 radical (unpaired) electrons. The molecular formula is H3AlFMgO. The summed E-state index contributed by atoms with van der Waals surface area (Å²) in [7, 11) is 0. The predicted octanol–water partition coefficient (Wildman–Crippen LogP) is -0.503. The van der Waals surface area contributed by atoms with Crippen molar-refractivity contribution in [2.45, 2.75) is 0 Å². The Hall–Kier alpha value is 1.03. The molecular weight excluding hydrogens is 86.3 g/mol. The minimum absolute atomic E-state index is 0. The molecule has 0 fully saturated rings. The first-order valence-electron chi connectivity index (χ1n) is 0.236. The van der Waals surface area contributed by atoms with Gasteiger partial charge in [0.15, 0.2) is 0 Å². The Morgan fingerprint density at radius 1 is 1.50 bits per heavy atom. The predicted molar refractivity (Wildman–Crippen MR) is 16.9 cm³/mol. The molecule has 0 bridgehead atoms. The van der Waals surface area contributed by atoms with Gasteiger partial charge in [-0.15, -0.1) is 0 Å². The van der Waals surface area contributed by atoms with E-state index in [0.717, 1.165) is 0 Å². The van der Waals surface area contributed by atoms with Crippen molar-refractivity contribution < 1.29 is 11.4 Å². The van der Waals surface area contributed by atoms with Crippen molar-refractivity contribution in [3.63, 3.8) is 0 Å². The third kappa shape index (κ3) is 11.8. The summed E-state index contributed by atoms with van der Waals surface area (Å²) in [5.41, 5.74) is 0. The molecule has 0 unspecified atom stereocenters. The third-order valence-electron chi connectivity index (χ3n) is 0. The summed E-state index contributed by atoms with van der Waals surface area (Å²) in [6.45, 7) is 0. The van der Waals surface area contributed by atoms with Crippen molar-refractivity contribution >= 4 is 39.3 Å². The second-order valence-electron chi connectivity index (χ2n) is 0. The van der Waals surface area contributed by atoms with Crippen molar-refractivity contribution in [1.29, 1.82) is 0 Å². The summed E-state index contributed by atoms with van der Waals surface area (Å²) >= 11 is 1.17. The number of halogens is 1. The molecule has 4 heavy (non-hydrogen) atoms. The Kier molecular flexibility index (Phi) is 173. The zero-order valence-electron chi connectivity index (χ0n) is 4.10. The van der Waals surface area contributed by atoms with E-state index in [1.165, 1.54) is 16.2 Å². The molecule has 0 N–H and O–H groups in total. The van der Waals surface area contributed by atoms with E-state index in [-0.39, 0.29) is 30.6 Å². The van der Waals surface area contributed by atoms with E-state index < -0.39 is 0 Å². The van der Waals surface area contributed by atoms with Crippen LogP contribution in [0.2, 0.25) is 0 Å². The zero-order valence-corrected chi connectivity index (χ0v) is 4.67. The first-order chi connectivity index (χ1) is 1.00. The molecule has 0 rings (SSSR count). The van der Waals surface area contributed by atoms with Crippen LogP contribution in [0.1, 0.15) is 2.85 Å². The molecule has 0 atom stereocenters. The van der Waals surface area contributed by atoms with Gasteiger partial charge in [0.05, 0.1) is 0 Å². The van der Waals surface area contributed by atoms with E-state index in [2.05, 4.69) is 0 Å². The van der Waals surface area contributed by atoms with E-state index in [9.17, 15) is 0 Å². The molecule has 0 spiro atoms. The van der Waals surface area contributed by atoms with E-state index >= 15 is 0 Å². The van der Waals surface area contributed by atoms with E-state index in [1.807, 2.05) is 0 Å². The van der Waals surface area contributed by atoms with Crippen molar-refractivity contribution in [3.8, 4) is 0 Å². The molecule has 0 heterocycles. The fraction of sp³-hybridized carbons (Fsp3) is 0. The number of hydrogen-bond acceptors (Lipinski definition) is 1. The SMILES string of the molecule is F.[H-].[H-].[Mg+2].[O]=[Al]. The van der Waals surface area contributed by atoms with Crippen molar-refractivity contribution in [1.82, 2.24) is 0 Å².